The lowest BCUT2D eigenvalue weighted by Crippen LogP contribution is -2.44. The van der Waals surface area contributed by atoms with Crippen LogP contribution in [0.5, 0.6) is 0 Å². The average molecular weight is 357 g/mol. The van der Waals surface area contributed by atoms with E-state index in [9.17, 15) is 4.79 Å². The largest absolute Gasteiger partial charge is 0.361 e. The van der Waals surface area contributed by atoms with E-state index < -0.39 is 0 Å². The fourth-order valence-electron chi connectivity index (χ4n) is 3.62. The minimum absolute atomic E-state index is 0. The summed E-state index contributed by atoms with van der Waals surface area (Å²) in [6.45, 7) is 10.4. The molecule has 2 saturated heterocycles. The Kier molecular flexibility index (Phi) is 7.07. The number of halogens is 1. The van der Waals surface area contributed by atoms with E-state index in [1.807, 2.05) is 13.8 Å². The molecule has 1 atom stereocenters. The number of hydrogen-bond donors (Lipinski definition) is 1. The lowest BCUT2D eigenvalue weighted by molar-refractivity contribution is -0.135. The van der Waals surface area contributed by atoms with Crippen molar-refractivity contribution in [3.8, 4) is 0 Å². The van der Waals surface area contributed by atoms with Crippen LogP contribution in [-0.2, 0) is 11.3 Å². The fourth-order valence-corrected chi connectivity index (χ4v) is 3.62. The summed E-state index contributed by atoms with van der Waals surface area (Å²) in [6.07, 6.45) is 3.18. The van der Waals surface area contributed by atoms with Crippen molar-refractivity contribution in [3.63, 3.8) is 0 Å². The van der Waals surface area contributed by atoms with E-state index in [1.54, 1.807) is 0 Å². The van der Waals surface area contributed by atoms with E-state index in [0.717, 1.165) is 76.5 Å². The standard InChI is InChI=1S/C17H28N4O2.ClH/c1-13-16(14(2)23-19-13)12-20-7-4-8-21(10-9-20)17(22)15-5-3-6-18-11-15;/h15,18H,3-12H2,1-2H3;1H. The van der Waals surface area contributed by atoms with E-state index in [1.165, 1.54) is 5.56 Å². The van der Waals surface area contributed by atoms with Crippen LogP contribution in [0.15, 0.2) is 4.52 Å². The number of nitrogens with zero attached hydrogens (tertiary/aromatic N) is 3. The molecule has 0 radical (unpaired) electrons. The summed E-state index contributed by atoms with van der Waals surface area (Å²) in [7, 11) is 0. The van der Waals surface area contributed by atoms with Crippen LogP contribution in [0.3, 0.4) is 0 Å². The zero-order chi connectivity index (χ0) is 16.2. The Morgan fingerprint density at radius 1 is 1.25 bits per heavy atom. The molecule has 6 nitrogen and oxygen atoms in total. The molecule has 24 heavy (non-hydrogen) atoms. The van der Waals surface area contributed by atoms with Crippen molar-refractivity contribution in [2.45, 2.75) is 39.7 Å². The highest BCUT2D eigenvalue weighted by Crippen LogP contribution is 2.18. The number of carbonyl (C=O) groups excluding carboxylic acids is 1. The molecule has 2 aliphatic heterocycles. The molecule has 0 aliphatic carbocycles. The van der Waals surface area contributed by atoms with Crippen molar-refractivity contribution in [3.05, 3.63) is 17.0 Å². The van der Waals surface area contributed by atoms with Crippen LogP contribution in [0.1, 0.15) is 36.3 Å². The molecule has 7 heteroatoms. The van der Waals surface area contributed by atoms with Crippen molar-refractivity contribution < 1.29 is 9.32 Å². The zero-order valence-electron chi connectivity index (χ0n) is 14.7. The molecule has 2 fully saturated rings. The highest BCUT2D eigenvalue weighted by atomic mass is 35.5. The molecule has 1 amide bonds. The lowest BCUT2D eigenvalue weighted by atomic mass is 9.98. The SMILES string of the molecule is Cc1noc(C)c1CN1CCCN(C(=O)C2CCCNC2)CC1.Cl. The van der Waals surface area contributed by atoms with E-state index >= 15 is 0 Å². The van der Waals surface area contributed by atoms with Gasteiger partial charge in [-0.05, 0) is 39.7 Å². The second-order valence-electron chi connectivity index (χ2n) is 6.80. The summed E-state index contributed by atoms with van der Waals surface area (Å²) in [5.74, 6) is 1.43. The Morgan fingerprint density at radius 3 is 2.75 bits per heavy atom. The monoisotopic (exact) mass is 356 g/mol. The van der Waals surface area contributed by atoms with E-state index in [0.29, 0.717) is 5.91 Å². The van der Waals surface area contributed by atoms with Crippen molar-refractivity contribution in [2.24, 2.45) is 5.92 Å². The van der Waals surface area contributed by atoms with E-state index in [4.69, 9.17) is 4.52 Å². The predicted molar refractivity (Wildman–Crippen MR) is 95.3 cm³/mol. The van der Waals surface area contributed by atoms with Gasteiger partial charge in [-0.2, -0.15) is 0 Å². The van der Waals surface area contributed by atoms with Crippen molar-refractivity contribution in [2.75, 3.05) is 39.3 Å². The van der Waals surface area contributed by atoms with Gasteiger partial charge in [0.2, 0.25) is 5.91 Å². The summed E-state index contributed by atoms with van der Waals surface area (Å²) in [5, 5.41) is 7.38. The molecule has 3 rings (SSSR count). The molecule has 1 unspecified atom stereocenters. The van der Waals surface area contributed by atoms with Gasteiger partial charge in [-0.15, -0.1) is 12.4 Å². The van der Waals surface area contributed by atoms with Crippen LogP contribution in [-0.4, -0.2) is 60.1 Å². The second-order valence-corrected chi connectivity index (χ2v) is 6.80. The Morgan fingerprint density at radius 2 is 2.08 bits per heavy atom. The number of carbonyl (C=O) groups is 1. The first-order valence-electron chi connectivity index (χ1n) is 8.79. The van der Waals surface area contributed by atoms with Gasteiger partial charge in [-0.25, -0.2) is 0 Å². The van der Waals surface area contributed by atoms with Crippen LogP contribution in [0.4, 0.5) is 0 Å². The first kappa shape index (κ1) is 19.2. The van der Waals surface area contributed by atoms with Gasteiger partial charge in [0.05, 0.1) is 11.6 Å². The first-order chi connectivity index (χ1) is 11.1. The highest BCUT2D eigenvalue weighted by molar-refractivity contribution is 5.85. The topological polar surface area (TPSA) is 61.6 Å². The van der Waals surface area contributed by atoms with E-state index in [2.05, 4.69) is 20.3 Å². The number of piperidine rings is 1. The number of aryl methyl sites for hydroxylation is 2. The van der Waals surface area contributed by atoms with Crippen LogP contribution < -0.4 is 5.32 Å². The molecule has 1 aromatic heterocycles. The molecular formula is C17H29ClN4O2. The average Bonchev–Trinajstić information content (AvgIpc) is 2.79. The number of nitrogens with one attached hydrogen (secondary N) is 1. The third-order valence-electron chi connectivity index (χ3n) is 5.11. The van der Waals surface area contributed by atoms with Crippen LogP contribution in [0.2, 0.25) is 0 Å². The third-order valence-corrected chi connectivity index (χ3v) is 5.11. The number of aromatic nitrogens is 1. The van der Waals surface area contributed by atoms with Gasteiger partial charge in [0.1, 0.15) is 5.76 Å². The van der Waals surface area contributed by atoms with Gasteiger partial charge in [-0.1, -0.05) is 5.16 Å². The summed E-state index contributed by atoms with van der Waals surface area (Å²) in [6, 6.07) is 0. The summed E-state index contributed by atoms with van der Waals surface area (Å²) < 4.78 is 5.26. The van der Waals surface area contributed by atoms with Crippen LogP contribution in [0, 0.1) is 19.8 Å². The number of hydrogen-bond acceptors (Lipinski definition) is 5. The summed E-state index contributed by atoms with van der Waals surface area (Å²) in [5.41, 5.74) is 2.18. The maximum Gasteiger partial charge on any atom is 0.227 e. The summed E-state index contributed by atoms with van der Waals surface area (Å²) in [4.78, 5) is 17.2. The number of amides is 1. The minimum atomic E-state index is 0. The van der Waals surface area contributed by atoms with Crippen LogP contribution in [0.25, 0.3) is 0 Å². The summed E-state index contributed by atoms with van der Waals surface area (Å²) >= 11 is 0. The molecule has 3 heterocycles. The molecule has 0 bridgehead atoms. The van der Waals surface area contributed by atoms with Gasteiger partial charge in [0.25, 0.3) is 0 Å². The minimum Gasteiger partial charge on any atom is -0.361 e. The molecule has 0 saturated carbocycles. The number of rotatable bonds is 3. The fraction of sp³-hybridized carbons (Fsp3) is 0.765. The van der Waals surface area contributed by atoms with Crippen molar-refractivity contribution >= 4 is 18.3 Å². The van der Waals surface area contributed by atoms with Gasteiger partial charge < -0.3 is 14.7 Å². The third kappa shape index (κ3) is 4.49. The normalized spacial score (nSPS) is 22.8. The van der Waals surface area contributed by atoms with Gasteiger partial charge in [-0.3, -0.25) is 9.69 Å². The Balaban J connectivity index is 0.00000208. The predicted octanol–water partition coefficient (Wildman–Crippen LogP) is 1.75. The molecule has 2 aliphatic rings. The molecule has 1 aromatic rings. The lowest BCUT2D eigenvalue weighted by Gasteiger charge is -2.29. The van der Waals surface area contributed by atoms with Crippen molar-refractivity contribution in [1.29, 1.82) is 0 Å². The molecular weight excluding hydrogens is 328 g/mol. The zero-order valence-corrected chi connectivity index (χ0v) is 15.5. The Bertz CT molecular complexity index is 523. The maximum absolute atomic E-state index is 12.7. The van der Waals surface area contributed by atoms with Crippen LogP contribution >= 0.6 is 12.4 Å². The van der Waals surface area contributed by atoms with Crippen molar-refractivity contribution in [1.82, 2.24) is 20.3 Å². The Hall–Kier alpha value is -1.11. The first-order valence-corrected chi connectivity index (χ1v) is 8.79. The quantitative estimate of drug-likeness (QED) is 0.894. The molecule has 0 spiro atoms. The Labute approximate surface area is 150 Å². The van der Waals surface area contributed by atoms with Gasteiger partial charge in [0.15, 0.2) is 0 Å². The van der Waals surface area contributed by atoms with Gasteiger partial charge in [0, 0.05) is 44.8 Å². The van der Waals surface area contributed by atoms with E-state index in [-0.39, 0.29) is 18.3 Å². The molecule has 1 N–H and O–H groups in total. The maximum atomic E-state index is 12.7. The smallest absolute Gasteiger partial charge is 0.227 e. The second kappa shape index (κ2) is 8.83. The molecule has 0 aromatic carbocycles. The molecule has 136 valence electrons. The van der Waals surface area contributed by atoms with Gasteiger partial charge >= 0.3 is 0 Å². The highest BCUT2D eigenvalue weighted by Gasteiger charge is 2.27.